The van der Waals surface area contributed by atoms with E-state index in [1.807, 2.05) is 30.3 Å². The molecule has 2 saturated heterocycles. The molecule has 0 saturated carbocycles. The molecule has 1 atom stereocenters. The summed E-state index contributed by atoms with van der Waals surface area (Å²) in [5.41, 5.74) is -1.91. The average molecular weight is 396 g/mol. The highest BCUT2D eigenvalue weighted by Gasteiger charge is 2.58. The highest BCUT2D eigenvalue weighted by Crippen LogP contribution is 2.38. The van der Waals surface area contributed by atoms with Crippen molar-refractivity contribution in [1.82, 2.24) is 9.80 Å². The van der Waals surface area contributed by atoms with E-state index in [9.17, 15) is 27.9 Å². The second-order valence-corrected chi connectivity index (χ2v) is 7.38. The molecule has 2 heterocycles. The SMILES string of the molecule is O=C(C=Cc1ccccc1)N1CCC(C(=O)N2CCC(O)(C(F)(F)F)C2)CC1. The normalized spacial score (nSPS) is 24.1. The van der Waals surface area contributed by atoms with E-state index in [0.29, 0.717) is 25.9 Å². The lowest BCUT2D eigenvalue weighted by Gasteiger charge is -2.33. The van der Waals surface area contributed by atoms with Gasteiger partial charge in [-0.1, -0.05) is 30.3 Å². The fourth-order valence-electron chi connectivity index (χ4n) is 3.66. The number of rotatable bonds is 3. The molecule has 0 aliphatic carbocycles. The monoisotopic (exact) mass is 396 g/mol. The van der Waals surface area contributed by atoms with Gasteiger partial charge in [0.05, 0.1) is 6.54 Å². The Bertz CT molecular complexity index is 743. The number of hydrogen-bond acceptors (Lipinski definition) is 3. The Hall–Kier alpha value is -2.35. The molecule has 3 rings (SSSR count). The highest BCUT2D eigenvalue weighted by molar-refractivity contribution is 5.92. The molecular weight excluding hydrogens is 373 g/mol. The van der Waals surface area contributed by atoms with Crippen LogP contribution in [-0.2, 0) is 9.59 Å². The van der Waals surface area contributed by atoms with E-state index in [4.69, 9.17) is 0 Å². The molecule has 1 N–H and O–H groups in total. The van der Waals surface area contributed by atoms with E-state index < -0.39 is 30.7 Å². The summed E-state index contributed by atoms with van der Waals surface area (Å²) in [6, 6.07) is 9.40. The van der Waals surface area contributed by atoms with Crippen LogP contribution in [0, 0.1) is 5.92 Å². The molecule has 2 aliphatic rings. The third kappa shape index (κ3) is 4.38. The first kappa shape index (κ1) is 20.4. The van der Waals surface area contributed by atoms with Crippen LogP contribution in [0.2, 0.25) is 0 Å². The fourth-order valence-corrected chi connectivity index (χ4v) is 3.66. The molecule has 0 bridgehead atoms. The number of benzene rings is 1. The van der Waals surface area contributed by atoms with Crippen molar-refractivity contribution in [2.45, 2.75) is 31.0 Å². The quantitative estimate of drug-likeness (QED) is 0.799. The minimum absolute atomic E-state index is 0.103. The minimum Gasteiger partial charge on any atom is -0.379 e. The van der Waals surface area contributed by atoms with Gasteiger partial charge in [-0.25, -0.2) is 0 Å². The minimum atomic E-state index is -4.75. The van der Waals surface area contributed by atoms with Gasteiger partial charge in [0.2, 0.25) is 11.8 Å². The maximum Gasteiger partial charge on any atom is 0.419 e. The van der Waals surface area contributed by atoms with Crippen molar-refractivity contribution in [3.63, 3.8) is 0 Å². The lowest BCUT2D eigenvalue weighted by molar-refractivity contribution is -0.253. The summed E-state index contributed by atoms with van der Waals surface area (Å²) < 4.78 is 38.8. The van der Waals surface area contributed by atoms with Gasteiger partial charge >= 0.3 is 6.18 Å². The summed E-state index contributed by atoms with van der Waals surface area (Å²) in [7, 11) is 0. The van der Waals surface area contributed by atoms with Crippen molar-refractivity contribution in [3.05, 3.63) is 42.0 Å². The second kappa shape index (κ2) is 7.95. The van der Waals surface area contributed by atoms with Crippen molar-refractivity contribution in [3.8, 4) is 0 Å². The maximum atomic E-state index is 12.9. The first-order valence-electron chi connectivity index (χ1n) is 9.29. The van der Waals surface area contributed by atoms with E-state index in [0.717, 1.165) is 10.5 Å². The van der Waals surface area contributed by atoms with E-state index >= 15 is 0 Å². The standard InChI is InChI=1S/C20H23F3N2O3/c21-20(22,23)19(28)10-13-25(14-19)18(27)16-8-11-24(12-9-16)17(26)7-6-15-4-2-1-3-5-15/h1-7,16,28H,8-14H2. The van der Waals surface area contributed by atoms with E-state index in [-0.39, 0.29) is 18.4 Å². The van der Waals surface area contributed by atoms with Crippen molar-refractivity contribution >= 4 is 17.9 Å². The molecule has 0 aromatic heterocycles. The molecule has 0 spiro atoms. The number of β-amino-alcohol motifs (C(OH)–C–C–N with tert-alkyl or cyclic N) is 1. The van der Waals surface area contributed by atoms with E-state index in [2.05, 4.69) is 0 Å². The Morgan fingerprint density at radius 2 is 1.71 bits per heavy atom. The van der Waals surface area contributed by atoms with Crippen molar-refractivity contribution < 1.29 is 27.9 Å². The predicted molar refractivity (Wildman–Crippen MR) is 97.0 cm³/mol. The van der Waals surface area contributed by atoms with Gasteiger partial charge in [0, 0.05) is 38.0 Å². The molecule has 1 aromatic rings. The Labute approximate surface area is 161 Å². The van der Waals surface area contributed by atoms with Crippen LogP contribution in [0.15, 0.2) is 36.4 Å². The lowest BCUT2D eigenvalue weighted by atomic mass is 9.95. The molecular formula is C20H23F3N2O3. The number of carbonyl (C=O) groups excluding carboxylic acids is 2. The Kier molecular flexibility index (Phi) is 5.79. The highest BCUT2D eigenvalue weighted by atomic mass is 19.4. The Balaban J connectivity index is 1.51. The largest absolute Gasteiger partial charge is 0.419 e. The molecule has 5 nitrogen and oxygen atoms in total. The van der Waals surface area contributed by atoms with Crippen LogP contribution in [0.1, 0.15) is 24.8 Å². The zero-order valence-electron chi connectivity index (χ0n) is 15.4. The molecule has 152 valence electrons. The zero-order valence-corrected chi connectivity index (χ0v) is 15.4. The van der Waals surface area contributed by atoms with E-state index in [1.165, 1.54) is 6.08 Å². The predicted octanol–water partition coefficient (Wildman–Crippen LogP) is 2.46. The number of halogens is 3. The fraction of sp³-hybridized carbons (Fsp3) is 0.500. The van der Waals surface area contributed by atoms with Crippen LogP contribution >= 0.6 is 0 Å². The van der Waals surface area contributed by atoms with Crippen LogP contribution < -0.4 is 0 Å². The number of nitrogens with zero attached hydrogens (tertiary/aromatic N) is 2. The molecule has 1 aromatic carbocycles. The van der Waals surface area contributed by atoms with Crippen molar-refractivity contribution in [1.29, 1.82) is 0 Å². The molecule has 2 fully saturated rings. The summed E-state index contributed by atoms with van der Waals surface area (Å²) >= 11 is 0. The maximum absolute atomic E-state index is 12.9. The summed E-state index contributed by atoms with van der Waals surface area (Å²) in [6.07, 6.45) is -1.22. The van der Waals surface area contributed by atoms with Crippen LogP contribution in [0.25, 0.3) is 6.08 Å². The number of alkyl halides is 3. The molecule has 1 unspecified atom stereocenters. The number of carbonyl (C=O) groups is 2. The molecule has 0 radical (unpaired) electrons. The average Bonchev–Trinajstić information content (AvgIpc) is 3.10. The Morgan fingerprint density at radius 3 is 2.29 bits per heavy atom. The van der Waals surface area contributed by atoms with E-state index in [1.54, 1.807) is 11.0 Å². The van der Waals surface area contributed by atoms with Gasteiger partial charge in [0.15, 0.2) is 5.60 Å². The molecule has 8 heteroatoms. The summed E-state index contributed by atoms with van der Waals surface area (Å²) in [6.45, 7) is -0.0560. The molecule has 2 amide bonds. The molecule has 2 aliphatic heterocycles. The van der Waals surface area contributed by atoms with Crippen molar-refractivity contribution in [2.24, 2.45) is 5.92 Å². The van der Waals surface area contributed by atoms with Crippen LogP contribution in [0.5, 0.6) is 0 Å². The summed E-state index contributed by atoms with van der Waals surface area (Å²) in [5, 5.41) is 9.73. The van der Waals surface area contributed by atoms with Gasteiger partial charge in [-0.3, -0.25) is 9.59 Å². The number of piperidine rings is 1. The number of likely N-dealkylation sites (tertiary alicyclic amines) is 2. The third-order valence-corrected chi connectivity index (χ3v) is 5.46. The Morgan fingerprint density at radius 1 is 1.07 bits per heavy atom. The third-order valence-electron chi connectivity index (χ3n) is 5.46. The van der Waals surface area contributed by atoms with Crippen LogP contribution in [-0.4, -0.2) is 64.7 Å². The lowest BCUT2D eigenvalue weighted by Crippen LogP contribution is -2.49. The first-order valence-corrected chi connectivity index (χ1v) is 9.29. The van der Waals surface area contributed by atoms with Crippen LogP contribution in [0.4, 0.5) is 13.2 Å². The number of amides is 2. The first-order chi connectivity index (χ1) is 13.2. The van der Waals surface area contributed by atoms with Crippen molar-refractivity contribution in [2.75, 3.05) is 26.2 Å². The van der Waals surface area contributed by atoms with Gasteiger partial charge in [-0.15, -0.1) is 0 Å². The van der Waals surface area contributed by atoms with Gasteiger partial charge in [0.25, 0.3) is 0 Å². The van der Waals surface area contributed by atoms with Gasteiger partial charge < -0.3 is 14.9 Å². The van der Waals surface area contributed by atoms with Gasteiger partial charge in [-0.2, -0.15) is 13.2 Å². The van der Waals surface area contributed by atoms with Crippen LogP contribution in [0.3, 0.4) is 0 Å². The van der Waals surface area contributed by atoms with Gasteiger partial charge in [-0.05, 0) is 24.5 Å². The van der Waals surface area contributed by atoms with Gasteiger partial charge in [0.1, 0.15) is 0 Å². The number of hydrogen-bond donors (Lipinski definition) is 1. The topological polar surface area (TPSA) is 60.9 Å². The second-order valence-electron chi connectivity index (χ2n) is 7.38. The smallest absolute Gasteiger partial charge is 0.379 e. The summed E-state index contributed by atoms with van der Waals surface area (Å²) in [5.74, 6) is -0.938. The summed E-state index contributed by atoms with van der Waals surface area (Å²) in [4.78, 5) is 27.6. The number of aliphatic hydroxyl groups is 1. The molecule has 28 heavy (non-hydrogen) atoms. The zero-order chi connectivity index (χ0) is 20.4.